The number of nitrogens with two attached hydrogens (primary N) is 1. The van der Waals surface area contributed by atoms with Gasteiger partial charge in [-0.05, 0) is 19.8 Å². The normalized spacial score (nSPS) is 15.9. The van der Waals surface area contributed by atoms with Crippen molar-refractivity contribution in [3.63, 3.8) is 0 Å². The lowest BCUT2D eigenvalue weighted by Gasteiger charge is -2.45. The predicted molar refractivity (Wildman–Crippen MR) is 93.8 cm³/mol. The van der Waals surface area contributed by atoms with Gasteiger partial charge in [-0.15, -0.1) is 0 Å². The van der Waals surface area contributed by atoms with Gasteiger partial charge in [-0.2, -0.15) is 0 Å². The summed E-state index contributed by atoms with van der Waals surface area (Å²) in [5.41, 5.74) is 5.78. The molecule has 2 N–H and O–H groups in total. The SMILES string of the molecule is CCCCCCCCCCCCCC[N+]([O-])(CC)C(C)N. The third-order valence-corrected chi connectivity index (χ3v) is 4.67. The number of hydrogen-bond donors (Lipinski definition) is 1. The second kappa shape index (κ2) is 13.5. The molecule has 0 fully saturated rings. The van der Waals surface area contributed by atoms with Crippen LogP contribution < -0.4 is 5.73 Å². The van der Waals surface area contributed by atoms with Gasteiger partial charge in [0.2, 0.25) is 0 Å². The summed E-state index contributed by atoms with van der Waals surface area (Å²) in [4.78, 5) is 0. The van der Waals surface area contributed by atoms with E-state index < -0.39 is 0 Å². The minimum Gasteiger partial charge on any atom is -0.632 e. The van der Waals surface area contributed by atoms with E-state index in [-0.39, 0.29) is 10.8 Å². The molecule has 0 aliphatic heterocycles. The average Bonchev–Trinajstić information content (AvgIpc) is 2.47. The quantitative estimate of drug-likeness (QED) is 0.192. The van der Waals surface area contributed by atoms with Crippen LogP contribution >= 0.6 is 0 Å². The van der Waals surface area contributed by atoms with E-state index in [0.717, 1.165) is 6.42 Å². The molecule has 2 atom stereocenters. The van der Waals surface area contributed by atoms with Gasteiger partial charge in [0.15, 0.2) is 0 Å². The fraction of sp³-hybridized carbons (Fsp3) is 1.00. The monoisotopic (exact) mass is 300 g/mol. The number of quaternary nitrogens is 1. The molecule has 0 bridgehead atoms. The molecule has 0 aliphatic rings. The Kier molecular flexibility index (Phi) is 13.5. The lowest BCUT2D eigenvalue weighted by atomic mass is 10.1. The fourth-order valence-corrected chi connectivity index (χ4v) is 2.87. The molecule has 0 heterocycles. The Bertz CT molecular complexity index is 221. The molecule has 3 nitrogen and oxygen atoms in total. The van der Waals surface area contributed by atoms with Crippen molar-refractivity contribution in [2.75, 3.05) is 13.1 Å². The van der Waals surface area contributed by atoms with E-state index in [2.05, 4.69) is 6.92 Å². The van der Waals surface area contributed by atoms with Crippen molar-refractivity contribution in [2.24, 2.45) is 5.73 Å². The highest BCUT2D eigenvalue weighted by atomic mass is 16.5. The molecule has 0 saturated carbocycles. The van der Waals surface area contributed by atoms with E-state index in [1.54, 1.807) is 0 Å². The topological polar surface area (TPSA) is 49.1 Å². The maximum Gasteiger partial charge on any atom is 0.137 e. The van der Waals surface area contributed by atoms with E-state index >= 15 is 0 Å². The summed E-state index contributed by atoms with van der Waals surface area (Å²) in [6, 6.07) is 0. The molecule has 0 rings (SSSR count). The predicted octanol–water partition coefficient (Wildman–Crippen LogP) is 5.33. The van der Waals surface area contributed by atoms with Gasteiger partial charge >= 0.3 is 0 Å². The molecule has 0 aromatic rings. The highest BCUT2D eigenvalue weighted by Gasteiger charge is 2.18. The van der Waals surface area contributed by atoms with Crippen molar-refractivity contribution < 1.29 is 4.65 Å². The van der Waals surface area contributed by atoms with Crippen LogP contribution in [0.15, 0.2) is 0 Å². The fourth-order valence-electron chi connectivity index (χ4n) is 2.87. The van der Waals surface area contributed by atoms with E-state index in [9.17, 15) is 5.21 Å². The van der Waals surface area contributed by atoms with E-state index in [1.165, 1.54) is 70.6 Å². The van der Waals surface area contributed by atoms with Crippen LogP contribution in [0, 0.1) is 5.21 Å². The van der Waals surface area contributed by atoms with Gasteiger partial charge in [0.25, 0.3) is 0 Å². The molecular weight excluding hydrogens is 260 g/mol. The van der Waals surface area contributed by atoms with Crippen LogP contribution in [0.4, 0.5) is 0 Å². The summed E-state index contributed by atoms with van der Waals surface area (Å²) in [6.07, 6.45) is 15.7. The smallest absolute Gasteiger partial charge is 0.137 e. The third kappa shape index (κ3) is 11.1. The van der Waals surface area contributed by atoms with Crippen LogP contribution in [0.5, 0.6) is 0 Å². The molecule has 0 saturated heterocycles. The molecule has 128 valence electrons. The Morgan fingerprint density at radius 3 is 1.48 bits per heavy atom. The summed E-state index contributed by atoms with van der Waals surface area (Å²) >= 11 is 0. The van der Waals surface area contributed by atoms with Crippen LogP contribution in [0.1, 0.15) is 97.8 Å². The molecule has 0 aromatic heterocycles. The minimum absolute atomic E-state index is 0.224. The summed E-state index contributed by atoms with van der Waals surface area (Å²) < 4.78 is -0.224. The second-order valence-electron chi connectivity index (χ2n) is 6.62. The van der Waals surface area contributed by atoms with Crippen molar-refractivity contribution in [2.45, 2.75) is 104 Å². The van der Waals surface area contributed by atoms with Gasteiger partial charge in [0.05, 0.1) is 13.1 Å². The number of hydroxylamine groups is 3. The largest absolute Gasteiger partial charge is 0.632 e. The molecule has 2 unspecified atom stereocenters. The first-order chi connectivity index (χ1) is 10.1. The Labute approximate surface area is 133 Å². The van der Waals surface area contributed by atoms with Crippen molar-refractivity contribution in [3.05, 3.63) is 5.21 Å². The van der Waals surface area contributed by atoms with Crippen molar-refractivity contribution in [3.8, 4) is 0 Å². The first kappa shape index (κ1) is 20.9. The average molecular weight is 301 g/mol. The number of unbranched alkanes of at least 4 members (excludes halogenated alkanes) is 11. The molecule has 0 spiro atoms. The van der Waals surface area contributed by atoms with Crippen molar-refractivity contribution >= 4 is 0 Å². The van der Waals surface area contributed by atoms with Gasteiger partial charge in [-0.1, -0.05) is 71.1 Å². The molecule has 0 aromatic carbocycles. The van der Waals surface area contributed by atoms with Gasteiger partial charge < -0.3 is 9.85 Å². The van der Waals surface area contributed by atoms with Crippen LogP contribution in [0.2, 0.25) is 0 Å². The molecule has 0 radical (unpaired) electrons. The van der Waals surface area contributed by atoms with Crippen molar-refractivity contribution in [1.82, 2.24) is 0 Å². The number of hydrogen-bond acceptors (Lipinski definition) is 2. The maximum absolute atomic E-state index is 12.3. The second-order valence-corrected chi connectivity index (χ2v) is 6.62. The number of nitrogens with zero attached hydrogens (tertiary/aromatic N) is 1. The number of rotatable bonds is 15. The highest BCUT2D eigenvalue weighted by Crippen LogP contribution is 2.14. The summed E-state index contributed by atoms with van der Waals surface area (Å²) in [5, 5.41) is 12.3. The lowest BCUT2D eigenvalue weighted by molar-refractivity contribution is -0.901. The highest BCUT2D eigenvalue weighted by molar-refractivity contribution is 4.51. The van der Waals surface area contributed by atoms with Gasteiger partial charge in [0.1, 0.15) is 6.17 Å². The first-order valence-corrected chi connectivity index (χ1v) is 9.40. The lowest BCUT2D eigenvalue weighted by Crippen LogP contribution is -2.54. The first-order valence-electron chi connectivity index (χ1n) is 9.40. The summed E-state index contributed by atoms with van der Waals surface area (Å²) in [6.45, 7) is 7.32. The van der Waals surface area contributed by atoms with Crippen LogP contribution in [-0.2, 0) is 0 Å². The summed E-state index contributed by atoms with van der Waals surface area (Å²) in [7, 11) is 0. The van der Waals surface area contributed by atoms with E-state index in [4.69, 9.17) is 5.73 Å². The Hall–Kier alpha value is -0.120. The molecule has 0 amide bonds. The zero-order valence-electron chi connectivity index (χ0n) is 14.9. The van der Waals surface area contributed by atoms with Crippen molar-refractivity contribution in [1.29, 1.82) is 0 Å². The Morgan fingerprint density at radius 2 is 1.14 bits per heavy atom. The van der Waals surface area contributed by atoms with Gasteiger partial charge in [-0.3, -0.25) is 5.73 Å². The van der Waals surface area contributed by atoms with Crippen LogP contribution in [-0.4, -0.2) is 23.9 Å². The molecule has 21 heavy (non-hydrogen) atoms. The maximum atomic E-state index is 12.3. The third-order valence-electron chi connectivity index (χ3n) is 4.67. The summed E-state index contributed by atoms with van der Waals surface area (Å²) in [5.74, 6) is 0. The van der Waals surface area contributed by atoms with Gasteiger partial charge in [0, 0.05) is 6.92 Å². The van der Waals surface area contributed by atoms with E-state index in [1.807, 2.05) is 13.8 Å². The zero-order valence-corrected chi connectivity index (χ0v) is 14.9. The zero-order chi connectivity index (χ0) is 16.0. The van der Waals surface area contributed by atoms with Crippen LogP contribution in [0.3, 0.4) is 0 Å². The standard InChI is InChI=1S/C18H40N2O/c1-4-6-7-8-9-10-11-12-13-14-15-16-17-20(21,5-2)18(3)19/h18H,4-17,19H2,1-3H3. The van der Waals surface area contributed by atoms with Gasteiger partial charge in [-0.25, -0.2) is 0 Å². The molecule has 0 aliphatic carbocycles. The minimum atomic E-state index is -0.289. The Morgan fingerprint density at radius 1 is 0.762 bits per heavy atom. The molecule has 3 heteroatoms. The van der Waals surface area contributed by atoms with Crippen LogP contribution in [0.25, 0.3) is 0 Å². The van der Waals surface area contributed by atoms with E-state index in [0.29, 0.717) is 13.1 Å². The molecular formula is C18H40N2O. The Balaban J connectivity index is 3.29.